The van der Waals surface area contributed by atoms with Crippen LogP contribution in [0.15, 0.2) is 36.4 Å². The maximum atomic E-state index is 12.7. The van der Waals surface area contributed by atoms with Crippen molar-refractivity contribution in [3.63, 3.8) is 0 Å². The van der Waals surface area contributed by atoms with Crippen molar-refractivity contribution in [2.75, 3.05) is 25.6 Å². The summed E-state index contributed by atoms with van der Waals surface area (Å²) < 4.78 is 15.9. The van der Waals surface area contributed by atoms with Gasteiger partial charge in [0.25, 0.3) is 5.91 Å². The Balaban J connectivity index is 1.49. The Labute approximate surface area is 202 Å². The number of fused-ring (bicyclic) bond motifs is 2. The molecule has 0 bridgehead atoms. The lowest BCUT2D eigenvalue weighted by atomic mass is 9.88. The van der Waals surface area contributed by atoms with Crippen LogP contribution in [0.5, 0.6) is 5.75 Å². The Morgan fingerprint density at radius 1 is 1.09 bits per heavy atom. The Morgan fingerprint density at radius 3 is 2.53 bits per heavy atom. The zero-order valence-corrected chi connectivity index (χ0v) is 20.3. The second-order valence-corrected chi connectivity index (χ2v) is 9.41. The molecule has 1 N–H and O–H groups in total. The highest BCUT2D eigenvalue weighted by molar-refractivity contribution is 7.17. The first-order valence-corrected chi connectivity index (χ1v) is 12.1. The molecule has 1 aliphatic rings. The molecule has 1 atom stereocenters. The number of hydrogen-bond acceptors (Lipinski definition) is 7. The third-order valence-corrected chi connectivity index (χ3v) is 7.04. The van der Waals surface area contributed by atoms with E-state index in [0.29, 0.717) is 22.2 Å². The fourth-order valence-electron chi connectivity index (χ4n) is 4.18. The fraction of sp³-hybridized carbons (Fsp3) is 0.346. The molecular weight excluding hydrogens is 454 g/mol. The Morgan fingerprint density at radius 2 is 1.82 bits per heavy atom. The largest absolute Gasteiger partial charge is 0.496 e. The van der Waals surface area contributed by atoms with Crippen LogP contribution in [0.1, 0.15) is 51.4 Å². The number of esters is 2. The molecule has 0 aliphatic heterocycles. The second-order valence-electron chi connectivity index (χ2n) is 8.30. The summed E-state index contributed by atoms with van der Waals surface area (Å²) in [5, 5.41) is 4.99. The topological polar surface area (TPSA) is 90.9 Å². The summed E-state index contributed by atoms with van der Waals surface area (Å²) in [5.74, 6) is -0.743. The van der Waals surface area contributed by atoms with Gasteiger partial charge in [-0.1, -0.05) is 31.2 Å². The monoisotopic (exact) mass is 481 g/mol. The zero-order valence-electron chi connectivity index (χ0n) is 19.4. The average molecular weight is 482 g/mol. The van der Waals surface area contributed by atoms with Gasteiger partial charge in [0, 0.05) is 4.88 Å². The third-order valence-electron chi connectivity index (χ3n) is 5.87. The van der Waals surface area contributed by atoms with E-state index in [0.717, 1.165) is 40.5 Å². The summed E-state index contributed by atoms with van der Waals surface area (Å²) in [5.41, 5.74) is 1.61. The summed E-state index contributed by atoms with van der Waals surface area (Å²) >= 11 is 1.39. The van der Waals surface area contributed by atoms with Crippen LogP contribution in [0.3, 0.4) is 0 Å². The molecule has 8 heteroatoms. The molecule has 1 aromatic heterocycles. The van der Waals surface area contributed by atoms with Crippen LogP contribution in [0.4, 0.5) is 5.00 Å². The van der Waals surface area contributed by atoms with Gasteiger partial charge in [-0.25, -0.2) is 9.59 Å². The molecule has 1 amide bonds. The van der Waals surface area contributed by atoms with Gasteiger partial charge in [0.1, 0.15) is 16.3 Å². The van der Waals surface area contributed by atoms with Crippen LogP contribution in [0.2, 0.25) is 0 Å². The number of carbonyl (C=O) groups is 3. The van der Waals surface area contributed by atoms with Crippen LogP contribution < -0.4 is 10.1 Å². The molecule has 1 heterocycles. The van der Waals surface area contributed by atoms with E-state index in [1.54, 1.807) is 19.1 Å². The predicted molar refractivity (Wildman–Crippen MR) is 131 cm³/mol. The molecule has 3 aromatic rings. The van der Waals surface area contributed by atoms with Crippen molar-refractivity contribution in [2.45, 2.75) is 33.1 Å². The number of thiophene rings is 1. The normalized spacial score (nSPS) is 14.9. The molecule has 0 saturated heterocycles. The lowest BCUT2D eigenvalue weighted by Gasteiger charge is -2.18. The first-order chi connectivity index (χ1) is 16.4. The molecule has 0 fully saturated rings. The molecule has 0 spiro atoms. The highest BCUT2D eigenvalue weighted by Gasteiger charge is 2.29. The molecule has 0 radical (unpaired) electrons. The van der Waals surface area contributed by atoms with E-state index in [-0.39, 0.29) is 12.2 Å². The molecule has 0 saturated carbocycles. The van der Waals surface area contributed by atoms with Gasteiger partial charge < -0.3 is 19.5 Å². The van der Waals surface area contributed by atoms with Crippen LogP contribution in [-0.2, 0) is 27.1 Å². The average Bonchev–Trinajstić information content (AvgIpc) is 3.18. The lowest BCUT2D eigenvalue weighted by Crippen LogP contribution is -2.22. The van der Waals surface area contributed by atoms with E-state index in [1.165, 1.54) is 18.4 Å². The van der Waals surface area contributed by atoms with Gasteiger partial charge in [-0.15, -0.1) is 11.3 Å². The second kappa shape index (κ2) is 10.3. The van der Waals surface area contributed by atoms with Gasteiger partial charge in [-0.05, 0) is 60.6 Å². The van der Waals surface area contributed by atoms with Gasteiger partial charge in [0.15, 0.2) is 6.61 Å². The summed E-state index contributed by atoms with van der Waals surface area (Å²) in [6, 6.07) is 11.0. The number of carbonyl (C=O) groups excluding carboxylic acids is 3. The quantitative estimate of drug-likeness (QED) is 0.477. The van der Waals surface area contributed by atoms with E-state index in [4.69, 9.17) is 14.2 Å². The van der Waals surface area contributed by atoms with Crippen LogP contribution in [0, 0.1) is 5.92 Å². The Hall–Kier alpha value is -3.39. The maximum Gasteiger partial charge on any atom is 0.342 e. The molecule has 34 heavy (non-hydrogen) atoms. The first-order valence-electron chi connectivity index (χ1n) is 11.3. The maximum absolute atomic E-state index is 12.7. The molecule has 4 rings (SSSR count). The summed E-state index contributed by atoms with van der Waals surface area (Å²) in [6.45, 7) is 3.68. The minimum absolute atomic E-state index is 0.238. The van der Waals surface area contributed by atoms with Crippen molar-refractivity contribution in [1.82, 2.24) is 0 Å². The molecule has 1 aliphatic carbocycles. The van der Waals surface area contributed by atoms with E-state index in [2.05, 4.69) is 12.2 Å². The van der Waals surface area contributed by atoms with E-state index in [1.807, 2.05) is 24.3 Å². The van der Waals surface area contributed by atoms with Gasteiger partial charge in [-0.2, -0.15) is 0 Å². The number of amides is 1. The summed E-state index contributed by atoms with van der Waals surface area (Å²) in [7, 11) is 1.48. The Bertz CT molecular complexity index is 1250. The SMILES string of the molecule is CCOC(=O)c1c(NC(=O)COC(=O)c2cc3ccccc3cc2OC)sc2c1CC[C@@H](C)C2. The predicted octanol–water partition coefficient (Wildman–Crippen LogP) is 5.01. The standard InChI is InChI=1S/C26H27NO6S/c1-4-32-26(30)23-18-10-9-15(2)11-21(18)34-24(23)27-22(28)14-33-25(29)19-12-16-7-5-6-8-17(16)13-20(19)31-3/h5-8,12-13,15H,4,9-11,14H2,1-3H3,(H,27,28)/t15-/m1/s1. The van der Waals surface area contributed by atoms with Crippen molar-refractivity contribution < 1.29 is 28.6 Å². The number of ether oxygens (including phenoxy) is 3. The number of anilines is 1. The minimum atomic E-state index is -0.664. The van der Waals surface area contributed by atoms with Crippen LogP contribution in [-0.4, -0.2) is 38.2 Å². The lowest BCUT2D eigenvalue weighted by molar-refractivity contribution is -0.119. The first kappa shape index (κ1) is 23.8. The van der Waals surface area contributed by atoms with Gasteiger partial charge in [-0.3, -0.25) is 4.79 Å². The van der Waals surface area contributed by atoms with E-state index >= 15 is 0 Å². The van der Waals surface area contributed by atoms with E-state index < -0.39 is 24.5 Å². The molecular formula is C26H27NO6S. The fourth-order valence-corrected chi connectivity index (χ4v) is 5.59. The number of methoxy groups -OCH3 is 1. The highest BCUT2D eigenvalue weighted by atomic mass is 32.1. The van der Waals surface area contributed by atoms with Gasteiger partial charge >= 0.3 is 11.9 Å². The molecule has 2 aromatic carbocycles. The molecule has 178 valence electrons. The third kappa shape index (κ3) is 4.92. The van der Waals surface area contributed by atoms with Gasteiger partial charge in [0.05, 0.1) is 19.3 Å². The number of rotatable bonds is 7. The number of benzene rings is 2. The minimum Gasteiger partial charge on any atom is -0.496 e. The Kier molecular flexibility index (Phi) is 7.17. The van der Waals surface area contributed by atoms with Crippen molar-refractivity contribution in [2.24, 2.45) is 5.92 Å². The van der Waals surface area contributed by atoms with Crippen molar-refractivity contribution in [3.8, 4) is 5.75 Å². The number of hydrogen-bond donors (Lipinski definition) is 1. The van der Waals surface area contributed by atoms with Gasteiger partial charge in [0.2, 0.25) is 0 Å². The van der Waals surface area contributed by atoms with Crippen LogP contribution in [0.25, 0.3) is 10.8 Å². The van der Waals surface area contributed by atoms with Crippen molar-refractivity contribution in [3.05, 3.63) is 58.0 Å². The smallest absolute Gasteiger partial charge is 0.342 e. The zero-order chi connectivity index (χ0) is 24.2. The highest BCUT2D eigenvalue weighted by Crippen LogP contribution is 2.40. The number of nitrogens with one attached hydrogen (secondary N) is 1. The molecule has 7 nitrogen and oxygen atoms in total. The van der Waals surface area contributed by atoms with E-state index in [9.17, 15) is 14.4 Å². The molecule has 0 unspecified atom stereocenters. The van der Waals surface area contributed by atoms with Crippen molar-refractivity contribution in [1.29, 1.82) is 0 Å². The summed E-state index contributed by atoms with van der Waals surface area (Å²) in [4.78, 5) is 39.1. The van der Waals surface area contributed by atoms with Crippen molar-refractivity contribution >= 4 is 45.0 Å². The summed E-state index contributed by atoms with van der Waals surface area (Å²) in [6.07, 6.45) is 2.61. The van der Waals surface area contributed by atoms with Crippen LogP contribution >= 0.6 is 11.3 Å².